The summed E-state index contributed by atoms with van der Waals surface area (Å²) in [7, 11) is 1.72. The molecule has 1 fully saturated rings. The Morgan fingerprint density at radius 3 is 2.65 bits per heavy atom. The summed E-state index contributed by atoms with van der Waals surface area (Å²) in [6.07, 6.45) is 3.96. The van der Waals surface area contributed by atoms with Crippen LogP contribution in [0.15, 0.2) is 18.2 Å². The number of benzene rings is 1. The van der Waals surface area contributed by atoms with E-state index in [4.69, 9.17) is 10.5 Å². The van der Waals surface area contributed by atoms with E-state index in [1.54, 1.807) is 7.11 Å². The Hall–Kier alpha value is -1.06. The van der Waals surface area contributed by atoms with Gasteiger partial charge in [-0.1, -0.05) is 19.1 Å². The number of hydrogen-bond donors (Lipinski definition) is 1. The third-order valence-electron chi connectivity index (χ3n) is 4.17. The van der Waals surface area contributed by atoms with Gasteiger partial charge in [-0.3, -0.25) is 4.90 Å². The van der Waals surface area contributed by atoms with Crippen LogP contribution in [-0.4, -0.2) is 31.6 Å². The maximum absolute atomic E-state index is 6.08. The number of hydrogen-bond acceptors (Lipinski definition) is 3. The molecule has 3 heteroatoms. The SMILES string of the molecule is CCCN(CC1CC1)C(CN)c1ccc(OC)c(C)c1. The lowest BCUT2D eigenvalue weighted by Gasteiger charge is -2.31. The third kappa shape index (κ3) is 3.74. The first-order valence-electron chi connectivity index (χ1n) is 7.78. The molecule has 0 aliphatic heterocycles. The zero-order valence-corrected chi connectivity index (χ0v) is 13.1. The van der Waals surface area contributed by atoms with Crippen LogP contribution >= 0.6 is 0 Å². The van der Waals surface area contributed by atoms with Crippen LogP contribution in [0, 0.1) is 12.8 Å². The van der Waals surface area contributed by atoms with Gasteiger partial charge in [-0.25, -0.2) is 0 Å². The number of nitrogens with two attached hydrogens (primary N) is 1. The number of nitrogens with zero attached hydrogens (tertiary/aromatic N) is 1. The molecule has 2 N–H and O–H groups in total. The van der Waals surface area contributed by atoms with E-state index in [-0.39, 0.29) is 0 Å². The first kappa shape index (κ1) is 15.3. The molecular weight excluding hydrogens is 248 g/mol. The predicted octanol–water partition coefficient (Wildman–Crippen LogP) is 3.13. The topological polar surface area (TPSA) is 38.5 Å². The van der Waals surface area contributed by atoms with Crippen LogP contribution in [0.4, 0.5) is 0 Å². The first-order valence-corrected chi connectivity index (χ1v) is 7.78. The molecule has 1 aromatic carbocycles. The molecule has 0 amide bonds. The lowest BCUT2D eigenvalue weighted by molar-refractivity contribution is 0.193. The van der Waals surface area contributed by atoms with Gasteiger partial charge in [-0.15, -0.1) is 0 Å². The van der Waals surface area contributed by atoms with Crippen LogP contribution in [0.1, 0.15) is 43.4 Å². The van der Waals surface area contributed by atoms with Crippen molar-refractivity contribution in [3.8, 4) is 5.75 Å². The predicted molar refractivity (Wildman–Crippen MR) is 84.1 cm³/mol. The molecule has 0 saturated heterocycles. The van der Waals surface area contributed by atoms with Gasteiger partial charge in [-0.05, 0) is 55.8 Å². The fourth-order valence-electron chi connectivity index (χ4n) is 2.90. The quantitative estimate of drug-likeness (QED) is 0.793. The zero-order valence-electron chi connectivity index (χ0n) is 13.1. The van der Waals surface area contributed by atoms with Crippen molar-refractivity contribution in [3.63, 3.8) is 0 Å². The molecule has 1 atom stereocenters. The lowest BCUT2D eigenvalue weighted by atomic mass is 10.0. The van der Waals surface area contributed by atoms with E-state index in [1.165, 1.54) is 36.9 Å². The van der Waals surface area contributed by atoms with Crippen molar-refractivity contribution in [2.45, 2.75) is 39.2 Å². The third-order valence-corrected chi connectivity index (χ3v) is 4.17. The van der Waals surface area contributed by atoms with E-state index in [2.05, 4.69) is 36.9 Å². The smallest absolute Gasteiger partial charge is 0.121 e. The highest BCUT2D eigenvalue weighted by Gasteiger charge is 2.28. The van der Waals surface area contributed by atoms with E-state index < -0.39 is 0 Å². The maximum Gasteiger partial charge on any atom is 0.121 e. The van der Waals surface area contributed by atoms with Gasteiger partial charge in [0.05, 0.1) is 7.11 Å². The van der Waals surface area contributed by atoms with Gasteiger partial charge >= 0.3 is 0 Å². The van der Waals surface area contributed by atoms with Gasteiger partial charge in [0.1, 0.15) is 5.75 Å². The van der Waals surface area contributed by atoms with Gasteiger partial charge in [0.25, 0.3) is 0 Å². The van der Waals surface area contributed by atoms with Gasteiger partial charge in [0, 0.05) is 19.1 Å². The Balaban J connectivity index is 2.17. The van der Waals surface area contributed by atoms with Crippen molar-refractivity contribution in [2.75, 3.05) is 26.7 Å². The summed E-state index contributed by atoms with van der Waals surface area (Å²) in [5.41, 5.74) is 8.59. The molecule has 0 bridgehead atoms. The van der Waals surface area contributed by atoms with Gasteiger partial charge < -0.3 is 10.5 Å². The highest BCUT2D eigenvalue weighted by molar-refractivity contribution is 5.37. The van der Waals surface area contributed by atoms with Crippen molar-refractivity contribution in [3.05, 3.63) is 29.3 Å². The largest absolute Gasteiger partial charge is 0.496 e. The number of rotatable bonds is 8. The van der Waals surface area contributed by atoms with Crippen LogP contribution in [0.2, 0.25) is 0 Å². The van der Waals surface area contributed by atoms with Crippen LogP contribution in [0.25, 0.3) is 0 Å². The minimum atomic E-state index is 0.333. The summed E-state index contributed by atoms with van der Waals surface area (Å²) in [6, 6.07) is 6.79. The molecule has 20 heavy (non-hydrogen) atoms. The summed E-state index contributed by atoms with van der Waals surface area (Å²) < 4.78 is 5.35. The van der Waals surface area contributed by atoms with Crippen molar-refractivity contribution in [1.29, 1.82) is 0 Å². The van der Waals surface area contributed by atoms with Crippen LogP contribution in [0.3, 0.4) is 0 Å². The summed E-state index contributed by atoms with van der Waals surface area (Å²) in [5.74, 6) is 1.85. The van der Waals surface area contributed by atoms with Crippen molar-refractivity contribution in [2.24, 2.45) is 11.7 Å². The van der Waals surface area contributed by atoms with Gasteiger partial charge in [-0.2, -0.15) is 0 Å². The monoisotopic (exact) mass is 276 g/mol. The molecule has 1 aliphatic carbocycles. The van der Waals surface area contributed by atoms with Crippen LogP contribution < -0.4 is 10.5 Å². The Morgan fingerprint density at radius 1 is 1.40 bits per heavy atom. The Labute approximate surface area is 123 Å². The molecule has 0 spiro atoms. The standard InChI is InChI=1S/C17H28N2O/c1-4-9-19(12-14-5-6-14)16(11-18)15-7-8-17(20-3)13(2)10-15/h7-8,10,14,16H,4-6,9,11-12,18H2,1-3H3. The fourth-order valence-corrected chi connectivity index (χ4v) is 2.90. The van der Waals surface area contributed by atoms with Crippen molar-refractivity contribution in [1.82, 2.24) is 4.90 Å². The molecule has 3 nitrogen and oxygen atoms in total. The lowest BCUT2D eigenvalue weighted by Crippen LogP contribution is -2.36. The molecule has 1 saturated carbocycles. The van der Waals surface area contributed by atoms with Crippen molar-refractivity contribution < 1.29 is 4.74 Å². The van der Waals surface area contributed by atoms with Gasteiger partial charge in [0.15, 0.2) is 0 Å². The van der Waals surface area contributed by atoms with E-state index in [0.29, 0.717) is 12.6 Å². The summed E-state index contributed by atoms with van der Waals surface area (Å²) in [5, 5.41) is 0. The highest BCUT2D eigenvalue weighted by atomic mass is 16.5. The second-order valence-electron chi connectivity index (χ2n) is 5.92. The molecule has 0 heterocycles. The summed E-state index contributed by atoms with van der Waals surface area (Å²) in [6.45, 7) is 7.34. The molecule has 2 rings (SSSR count). The molecule has 112 valence electrons. The second kappa shape index (κ2) is 7.09. The summed E-state index contributed by atoms with van der Waals surface area (Å²) in [4.78, 5) is 2.57. The minimum Gasteiger partial charge on any atom is -0.496 e. The Morgan fingerprint density at radius 2 is 2.15 bits per heavy atom. The van der Waals surface area contributed by atoms with Crippen molar-refractivity contribution >= 4 is 0 Å². The molecule has 0 radical (unpaired) electrons. The fraction of sp³-hybridized carbons (Fsp3) is 0.647. The molecule has 1 aliphatic rings. The number of methoxy groups -OCH3 is 1. The van der Waals surface area contributed by atoms with Crippen LogP contribution in [0.5, 0.6) is 5.75 Å². The first-order chi connectivity index (χ1) is 9.69. The van der Waals surface area contributed by atoms with E-state index in [9.17, 15) is 0 Å². The average molecular weight is 276 g/mol. The molecular formula is C17H28N2O. The second-order valence-corrected chi connectivity index (χ2v) is 5.92. The minimum absolute atomic E-state index is 0.333. The van der Waals surface area contributed by atoms with Gasteiger partial charge in [0.2, 0.25) is 0 Å². The Bertz CT molecular complexity index is 429. The Kier molecular flexibility index (Phi) is 5.44. The molecule has 1 unspecified atom stereocenters. The zero-order chi connectivity index (χ0) is 14.5. The summed E-state index contributed by atoms with van der Waals surface area (Å²) >= 11 is 0. The molecule has 1 aromatic rings. The van der Waals surface area contributed by atoms with E-state index >= 15 is 0 Å². The average Bonchev–Trinajstić information content (AvgIpc) is 3.24. The number of aryl methyl sites for hydroxylation is 1. The highest BCUT2D eigenvalue weighted by Crippen LogP contribution is 2.33. The molecule has 0 aromatic heterocycles. The van der Waals surface area contributed by atoms with Crippen LogP contribution in [-0.2, 0) is 0 Å². The van der Waals surface area contributed by atoms with E-state index in [1.807, 2.05) is 0 Å². The normalized spacial score (nSPS) is 16.4. The number of ether oxygens (including phenoxy) is 1. The maximum atomic E-state index is 6.08. The van der Waals surface area contributed by atoms with E-state index in [0.717, 1.165) is 18.2 Å².